The van der Waals surface area contributed by atoms with E-state index in [1.165, 1.54) is 0 Å². The maximum Gasteiger partial charge on any atom is 0.137 e. The molecule has 78 valence electrons. The molecule has 0 heterocycles. The number of ether oxygens (including phenoxy) is 1. The minimum Gasteiger partial charge on any atom is -0.495 e. The summed E-state index contributed by atoms with van der Waals surface area (Å²) in [6.45, 7) is 2.66. The Morgan fingerprint density at radius 2 is 2.21 bits per heavy atom. The van der Waals surface area contributed by atoms with Crippen molar-refractivity contribution >= 4 is 27.5 Å². The van der Waals surface area contributed by atoms with Crippen LogP contribution in [0.3, 0.4) is 0 Å². The zero-order valence-corrected chi connectivity index (χ0v) is 10.5. The Bertz CT molecular complexity index is 330. The molecule has 1 aromatic rings. The summed E-state index contributed by atoms with van der Waals surface area (Å²) < 4.78 is 6.12. The SMILES string of the molecule is COc1cc(C(C)CN)c(Br)cc1Cl. The van der Waals surface area contributed by atoms with Crippen LogP contribution in [0.2, 0.25) is 5.02 Å². The van der Waals surface area contributed by atoms with Crippen LogP contribution in [0.15, 0.2) is 16.6 Å². The van der Waals surface area contributed by atoms with Crippen molar-refractivity contribution < 1.29 is 4.74 Å². The summed E-state index contributed by atoms with van der Waals surface area (Å²) in [6, 6.07) is 3.76. The number of hydrogen-bond acceptors (Lipinski definition) is 2. The highest BCUT2D eigenvalue weighted by atomic mass is 79.9. The molecule has 1 unspecified atom stereocenters. The highest BCUT2D eigenvalue weighted by Gasteiger charge is 2.11. The van der Waals surface area contributed by atoms with E-state index < -0.39 is 0 Å². The van der Waals surface area contributed by atoms with Crippen LogP contribution >= 0.6 is 27.5 Å². The van der Waals surface area contributed by atoms with E-state index in [-0.39, 0.29) is 5.92 Å². The average Bonchev–Trinajstić information content (AvgIpc) is 2.17. The smallest absolute Gasteiger partial charge is 0.137 e. The number of methoxy groups -OCH3 is 1. The van der Waals surface area contributed by atoms with Crippen LogP contribution in [0, 0.1) is 0 Å². The second-order valence-electron chi connectivity index (χ2n) is 3.15. The molecule has 0 aliphatic rings. The van der Waals surface area contributed by atoms with E-state index in [2.05, 4.69) is 22.9 Å². The molecule has 0 aromatic heterocycles. The van der Waals surface area contributed by atoms with Crippen molar-refractivity contribution in [3.8, 4) is 5.75 Å². The second-order valence-corrected chi connectivity index (χ2v) is 4.41. The lowest BCUT2D eigenvalue weighted by Gasteiger charge is -2.13. The lowest BCUT2D eigenvalue weighted by Crippen LogP contribution is -2.09. The van der Waals surface area contributed by atoms with Gasteiger partial charge in [0.05, 0.1) is 12.1 Å². The van der Waals surface area contributed by atoms with Crippen LogP contribution in [-0.2, 0) is 0 Å². The zero-order valence-electron chi connectivity index (χ0n) is 8.18. The number of benzene rings is 1. The summed E-state index contributed by atoms with van der Waals surface area (Å²) in [4.78, 5) is 0. The predicted octanol–water partition coefficient (Wildman–Crippen LogP) is 3.17. The molecule has 0 aliphatic heterocycles. The Morgan fingerprint density at radius 3 is 2.71 bits per heavy atom. The van der Waals surface area contributed by atoms with Crippen molar-refractivity contribution in [1.82, 2.24) is 0 Å². The van der Waals surface area contributed by atoms with Gasteiger partial charge in [-0.25, -0.2) is 0 Å². The van der Waals surface area contributed by atoms with Crippen molar-refractivity contribution in [1.29, 1.82) is 0 Å². The summed E-state index contributed by atoms with van der Waals surface area (Å²) in [5.74, 6) is 0.973. The van der Waals surface area contributed by atoms with Crippen LogP contribution in [0.25, 0.3) is 0 Å². The first-order valence-electron chi connectivity index (χ1n) is 4.33. The molecule has 2 nitrogen and oxygen atoms in total. The third kappa shape index (κ3) is 2.41. The van der Waals surface area contributed by atoms with E-state index in [1.54, 1.807) is 7.11 Å². The summed E-state index contributed by atoms with van der Waals surface area (Å²) in [6.07, 6.45) is 0. The molecule has 4 heteroatoms. The van der Waals surface area contributed by atoms with Crippen molar-refractivity contribution in [2.45, 2.75) is 12.8 Å². The lowest BCUT2D eigenvalue weighted by atomic mass is 10.0. The highest BCUT2D eigenvalue weighted by Crippen LogP contribution is 2.34. The van der Waals surface area contributed by atoms with Gasteiger partial charge < -0.3 is 10.5 Å². The standard InChI is InChI=1S/C10H13BrClNO/c1-6(5-13)7-3-10(14-2)9(12)4-8(7)11/h3-4,6H,5,13H2,1-2H3. The average molecular weight is 279 g/mol. The van der Waals surface area contributed by atoms with Crippen LogP contribution in [-0.4, -0.2) is 13.7 Å². The summed E-state index contributed by atoms with van der Waals surface area (Å²) in [5, 5.41) is 0.604. The maximum atomic E-state index is 5.96. The van der Waals surface area contributed by atoms with Gasteiger partial charge in [0, 0.05) is 4.47 Å². The molecule has 2 N–H and O–H groups in total. The van der Waals surface area contributed by atoms with E-state index in [9.17, 15) is 0 Å². The molecule has 1 aromatic carbocycles. The molecular weight excluding hydrogens is 265 g/mol. The molecule has 14 heavy (non-hydrogen) atoms. The normalized spacial score (nSPS) is 12.6. The fourth-order valence-corrected chi connectivity index (χ4v) is 2.31. The third-order valence-corrected chi connectivity index (χ3v) is 3.14. The molecule has 0 saturated heterocycles. The molecule has 0 saturated carbocycles. The minimum atomic E-state index is 0.288. The lowest BCUT2D eigenvalue weighted by molar-refractivity contribution is 0.414. The van der Waals surface area contributed by atoms with Crippen LogP contribution < -0.4 is 10.5 Å². The first-order valence-corrected chi connectivity index (χ1v) is 5.50. The molecule has 0 bridgehead atoms. The quantitative estimate of drug-likeness (QED) is 0.922. The summed E-state index contributed by atoms with van der Waals surface area (Å²) in [7, 11) is 1.60. The molecule has 1 atom stereocenters. The largest absolute Gasteiger partial charge is 0.495 e. The molecule has 0 aliphatic carbocycles. The van der Waals surface area contributed by atoms with Crippen LogP contribution in [0.1, 0.15) is 18.4 Å². The molecule has 0 fully saturated rings. The second kappa shape index (κ2) is 5.01. The van der Waals surface area contributed by atoms with Gasteiger partial charge in [0.25, 0.3) is 0 Å². The molecule has 0 spiro atoms. The van der Waals surface area contributed by atoms with E-state index >= 15 is 0 Å². The van der Waals surface area contributed by atoms with Gasteiger partial charge in [0.15, 0.2) is 0 Å². The van der Waals surface area contributed by atoms with Gasteiger partial charge in [-0.1, -0.05) is 34.5 Å². The number of rotatable bonds is 3. The molecule has 1 rings (SSSR count). The predicted molar refractivity (Wildman–Crippen MR) is 63.2 cm³/mol. The maximum absolute atomic E-state index is 5.96. The van der Waals surface area contributed by atoms with E-state index in [0.29, 0.717) is 17.3 Å². The van der Waals surface area contributed by atoms with Crippen molar-refractivity contribution in [2.24, 2.45) is 5.73 Å². The Hall–Kier alpha value is -0.250. The van der Waals surface area contributed by atoms with Gasteiger partial charge in [-0.3, -0.25) is 0 Å². The van der Waals surface area contributed by atoms with Gasteiger partial charge in [0.2, 0.25) is 0 Å². The van der Waals surface area contributed by atoms with Gasteiger partial charge in [-0.15, -0.1) is 0 Å². The van der Waals surface area contributed by atoms with E-state index in [4.69, 9.17) is 22.1 Å². The number of hydrogen-bond donors (Lipinski definition) is 1. The Labute approximate surface area is 97.5 Å². The first kappa shape index (κ1) is 11.8. The fourth-order valence-electron chi connectivity index (χ4n) is 1.21. The van der Waals surface area contributed by atoms with Gasteiger partial charge in [0.1, 0.15) is 5.75 Å². The van der Waals surface area contributed by atoms with Crippen molar-refractivity contribution in [3.05, 3.63) is 27.2 Å². The van der Waals surface area contributed by atoms with Crippen LogP contribution in [0.4, 0.5) is 0 Å². The Morgan fingerprint density at radius 1 is 1.57 bits per heavy atom. The Balaban J connectivity index is 3.17. The minimum absolute atomic E-state index is 0.288. The summed E-state index contributed by atoms with van der Waals surface area (Å²) >= 11 is 9.42. The third-order valence-electron chi connectivity index (χ3n) is 2.16. The highest BCUT2D eigenvalue weighted by molar-refractivity contribution is 9.10. The Kier molecular flexibility index (Phi) is 4.23. The first-order chi connectivity index (χ1) is 6.60. The van der Waals surface area contributed by atoms with Gasteiger partial charge in [-0.05, 0) is 30.2 Å². The van der Waals surface area contributed by atoms with E-state index in [0.717, 1.165) is 10.0 Å². The summed E-state index contributed by atoms with van der Waals surface area (Å²) in [5.41, 5.74) is 6.73. The molecule has 0 radical (unpaired) electrons. The molecule has 0 amide bonds. The fraction of sp³-hybridized carbons (Fsp3) is 0.400. The zero-order chi connectivity index (χ0) is 10.7. The van der Waals surface area contributed by atoms with Crippen molar-refractivity contribution in [2.75, 3.05) is 13.7 Å². The van der Waals surface area contributed by atoms with E-state index in [1.807, 2.05) is 12.1 Å². The van der Waals surface area contributed by atoms with Gasteiger partial charge >= 0.3 is 0 Å². The van der Waals surface area contributed by atoms with Gasteiger partial charge in [-0.2, -0.15) is 0 Å². The number of nitrogens with two attached hydrogens (primary N) is 1. The van der Waals surface area contributed by atoms with Crippen molar-refractivity contribution in [3.63, 3.8) is 0 Å². The number of halogens is 2. The molecular formula is C10H13BrClNO. The monoisotopic (exact) mass is 277 g/mol. The van der Waals surface area contributed by atoms with Crippen LogP contribution in [0.5, 0.6) is 5.75 Å². The topological polar surface area (TPSA) is 35.2 Å².